The Balaban J connectivity index is 0. The molecule has 0 aromatic rings. The van der Waals surface area contributed by atoms with Gasteiger partial charge in [-0.05, 0) is 6.42 Å². The van der Waals surface area contributed by atoms with E-state index in [1.807, 2.05) is 0 Å². The Bertz CT molecular complexity index is 490. The van der Waals surface area contributed by atoms with Gasteiger partial charge in [0.05, 0.1) is 0 Å². The molecule has 0 aromatic carbocycles. The quantitative estimate of drug-likeness (QED) is 0.0672. The maximum atomic E-state index is 10.3. The number of carboxylic acids is 1. The summed E-state index contributed by atoms with van der Waals surface area (Å²) in [6.45, 7) is 6.87. The fourth-order valence-electron chi connectivity index (χ4n) is 6.68. The largest absolute Gasteiger partial charge is 0.481 e. The van der Waals surface area contributed by atoms with Gasteiger partial charge < -0.3 is 5.11 Å². The average molecular weight is 651 g/mol. The molecule has 278 valence electrons. The minimum absolute atomic E-state index is 0.345. The summed E-state index contributed by atoms with van der Waals surface area (Å²) in [4.78, 5) is 10.3. The van der Waals surface area contributed by atoms with Crippen LogP contribution in [0.5, 0.6) is 0 Å². The Labute approximate surface area is 292 Å². The van der Waals surface area contributed by atoms with Crippen LogP contribution in [0.15, 0.2) is 0 Å². The predicted molar refractivity (Wildman–Crippen MR) is 209 cm³/mol. The first-order valence-corrected chi connectivity index (χ1v) is 21.9. The van der Waals surface area contributed by atoms with E-state index in [1.54, 1.807) is 0 Å². The van der Waals surface area contributed by atoms with Crippen molar-refractivity contribution >= 4 is 5.97 Å². The normalized spacial score (nSPS) is 11.1. The third kappa shape index (κ3) is 50.3. The van der Waals surface area contributed by atoms with Crippen LogP contribution in [0.25, 0.3) is 0 Å². The van der Waals surface area contributed by atoms with E-state index in [9.17, 15) is 4.79 Å². The van der Waals surface area contributed by atoms with Crippen LogP contribution in [-0.4, -0.2) is 11.1 Å². The molecule has 0 spiro atoms. The van der Waals surface area contributed by atoms with Crippen LogP contribution in [-0.2, 0) is 4.79 Å². The highest BCUT2D eigenvalue weighted by molar-refractivity contribution is 5.66. The van der Waals surface area contributed by atoms with Gasteiger partial charge in [-0.25, -0.2) is 0 Å². The predicted octanol–water partition coefficient (Wildman–Crippen LogP) is 16.7. The van der Waals surface area contributed by atoms with Crippen LogP contribution < -0.4 is 0 Å². The Morgan fingerprint density at radius 1 is 0.261 bits per heavy atom. The lowest BCUT2D eigenvalue weighted by molar-refractivity contribution is -0.137. The van der Waals surface area contributed by atoms with Gasteiger partial charge in [0.1, 0.15) is 0 Å². The molecule has 0 saturated heterocycles. The molecule has 0 saturated carbocycles. The van der Waals surface area contributed by atoms with Crippen molar-refractivity contribution in [2.45, 2.75) is 278 Å². The van der Waals surface area contributed by atoms with Gasteiger partial charge in [-0.3, -0.25) is 4.79 Å². The summed E-state index contributed by atoms with van der Waals surface area (Å²) in [7, 11) is 0. The van der Waals surface area contributed by atoms with Gasteiger partial charge in [-0.15, -0.1) is 0 Å². The number of carboxylic acid groups (broad SMARTS) is 1. The summed E-state index contributed by atoms with van der Waals surface area (Å²) in [5.74, 6) is -0.655. The summed E-state index contributed by atoms with van der Waals surface area (Å²) >= 11 is 0. The highest BCUT2D eigenvalue weighted by atomic mass is 16.4. The maximum Gasteiger partial charge on any atom is 0.303 e. The molecule has 1 N–H and O–H groups in total. The fourth-order valence-corrected chi connectivity index (χ4v) is 6.68. The van der Waals surface area contributed by atoms with Gasteiger partial charge in [0.2, 0.25) is 0 Å². The topological polar surface area (TPSA) is 37.3 Å². The molecule has 0 radical (unpaired) electrons. The first-order valence-electron chi connectivity index (χ1n) is 21.9. The Morgan fingerprint density at radius 2 is 0.391 bits per heavy atom. The third-order valence-corrected chi connectivity index (χ3v) is 9.95. The fraction of sp³-hybridized carbons (Fsp3) is 0.977. The zero-order valence-electron chi connectivity index (χ0n) is 32.6. The van der Waals surface area contributed by atoms with E-state index >= 15 is 0 Å². The molecule has 0 amide bonds. The second-order valence-corrected chi connectivity index (χ2v) is 14.9. The highest BCUT2D eigenvalue weighted by Crippen LogP contribution is 2.16. The van der Waals surface area contributed by atoms with Gasteiger partial charge in [0, 0.05) is 6.42 Å². The number of hydrogen-bond acceptors (Lipinski definition) is 1. The number of aliphatic carboxylic acids is 1. The molecule has 0 bridgehead atoms. The van der Waals surface area contributed by atoms with Crippen LogP contribution in [0.3, 0.4) is 0 Å². The lowest BCUT2D eigenvalue weighted by atomic mass is 10.0. The molecule has 2 nitrogen and oxygen atoms in total. The Morgan fingerprint density at radius 3 is 0.522 bits per heavy atom. The van der Waals surface area contributed by atoms with Crippen LogP contribution in [0, 0.1) is 0 Å². The van der Waals surface area contributed by atoms with Gasteiger partial charge in [0.25, 0.3) is 0 Å². The minimum atomic E-state index is -0.655. The van der Waals surface area contributed by atoms with E-state index in [2.05, 4.69) is 20.8 Å². The van der Waals surface area contributed by atoms with E-state index in [1.165, 1.54) is 238 Å². The van der Waals surface area contributed by atoms with Crippen molar-refractivity contribution in [1.82, 2.24) is 0 Å². The molecule has 0 atom stereocenters. The second-order valence-electron chi connectivity index (χ2n) is 14.9. The van der Waals surface area contributed by atoms with Gasteiger partial charge >= 0.3 is 5.97 Å². The van der Waals surface area contributed by atoms with Crippen LogP contribution >= 0.6 is 0 Å². The second kappa shape index (κ2) is 46.6. The van der Waals surface area contributed by atoms with E-state index in [4.69, 9.17) is 5.11 Å². The van der Waals surface area contributed by atoms with Gasteiger partial charge in [0.15, 0.2) is 0 Å². The first kappa shape index (κ1) is 47.6. The summed E-state index contributed by atoms with van der Waals surface area (Å²) in [5.41, 5.74) is 0. The molecule has 0 aliphatic carbocycles. The Hall–Kier alpha value is -0.530. The molecule has 0 unspecified atom stereocenters. The summed E-state index contributed by atoms with van der Waals surface area (Å²) < 4.78 is 0. The van der Waals surface area contributed by atoms with Crippen molar-refractivity contribution in [3.05, 3.63) is 0 Å². The summed E-state index contributed by atoms with van der Waals surface area (Å²) in [6, 6.07) is 0. The third-order valence-electron chi connectivity index (χ3n) is 9.95. The van der Waals surface area contributed by atoms with Crippen molar-refractivity contribution in [3.63, 3.8) is 0 Å². The first-order chi connectivity index (χ1) is 22.7. The number of carbonyl (C=O) groups is 1. The number of unbranched alkanes of at least 4 members (excludes halogenated alkanes) is 37. The molecule has 0 rings (SSSR count). The zero-order chi connectivity index (χ0) is 33.9. The molecule has 0 fully saturated rings. The zero-order valence-corrected chi connectivity index (χ0v) is 32.6. The molecular weight excluding hydrogens is 560 g/mol. The molecule has 0 aromatic heterocycles. The lowest BCUT2D eigenvalue weighted by Crippen LogP contribution is -1.93. The molecule has 0 aliphatic heterocycles. The highest BCUT2D eigenvalue weighted by Gasteiger charge is 1.98. The van der Waals surface area contributed by atoms with Crippen molar-refractivity contribution in [1.29, 1.82) is 0 Å². The average Bonchev–Trinajstić information content (AvgIpc) is 3.05. The van der Waals surface area contributed by atoms with Gasteiger partial charge in [-0.1, -0.05) is 265 Å². The molecular formula is C44H90O2. The maximum absolute atomic E-state index is 10.3. The summed E-state index contributed by atoms with van der Waals surface area (Å²) in [5, 5.41) is 8.49. The standard InChI is InChI=1S/C28H58.C16H32O2/c1-3-5-7-9-11-13-15-17-19-21-23-25-27-28-26-24-22-20-18-16-14-12-10-8-6-4-2;1-2-3-4-5-6-7-8-9-10-11-12-13-14-15-16(17)18/h3-28H2,1-2H3;2-15H2,1H3,(H,17,18). The van der Waals surface area contributed by atoms with Crippen LogP contribution in [0.4, 0.5) is 0 Å². The van der Waals surface area contributed by atoms with E-state index in [0.717, 1.165) is 12.8 Å². The van der Waals surface area contributed by atoms with E-state index < -0.39 is 5.97 Å². The molecule has 0 heterocycles. The van der Waals surface area contributed by atoms with Gasteiger partial charge in [-0.2, -0.15) is 0 Å². The van der Waals surface area contributed by atoms with Crippen LogP contribution in [0.1, 0.15) is 278 Å². The van der Waals surface area contributed by atoms with E-state index in [-0.39, 0.29) is 0 Å². The van der Waals surface area contributed by atoms with Crippen molar-refractivity contribution in [2.24, 2.45) is 0 Å². The lowest BCUT2D eigenvalue weighted by Gasteiger charge is -2.04. The number of rotatable bonds is 39. The summed E-state index contributed by atoms with van der Waals surface area (Å²) in [6.07, 6.45) is 55.7. The molecule has 0 aliphatic rings. The minimum Gasteiger partial charge on any atom is -0.481 e. The van der Waals surface area contributed by atoms with Crippen molar-refractivity contribution < 1.29 is 9.90 Å². The SMILES string of the molecule is CCCCCCCCCCCCCCCC(=O)O.CCCCCCCCCCCCCCCCCCCCCCCCCCCC. The number of hydrogen-bond donors (Lipinski definition) is 1. The molecule has 2 heteroatoms. The van der Waals surface area contributed by atoms with Crippen LogP contribution in [0.2, 0.25) is 0 Å². The monoisotopic (exact) mass is 651 g/mol. The van der Waals surface area contributed by atoms with E-state index in [0.29, 0.717) is 6.42 Å². The Kier molecular flexibility index (Phi) is 48.2. The smallest absolute Gasteiger partial charge is 0.303 e. The van der Waals surface area contributed by atoms with Crippen molar-refractivity contribution in [3.8, 4) is 0 Å². The van der Waals surface area contributed by atoms with Crippen molar-refractivity contribution in [2.75, 3.05) is 0 Å². The molecule has 46 heavy (non-hydrogen) atoms.